The lowest BCUT2D eigenvalue weighted by molar-refractivity contribution is 0.0659. The largest absolute Gasteiger partial charge is 0.298 e. The van der Waals surface area contributed by atoms with Crippen LogP contribution in [0, 0.1) is 5.92 Å². The van der Waals surface area contributed by atoms with Crippen molar-refractivity contribution in [1.82, 2.24) is 9.80 Å². The maximum atomic E-state index is 2.77. The van der Waals surface area contributed by atoms with Gasteiger partial charge in [-0.25, -0.2) is 0 Å². The van der Waals surface area contributed by atoms with Gasteiger partial charge in [-0.05, 0) is 42.7 Å². The zero-order chi connectivity index (χ0) is 15.4. The van der Waals surface area contributed by atoms with Crippen molar-refractivity contribution in [3.8, 4) is 0 Å². The molecule has 0 N–H and O–H groups in total. The lowest BCUT2D eigenvalue weighted by Crippen LogP contribution is -2.50. The van der Waals surface area contributed by atoms with E-state index < -0.39 is 0 Å². The van der Waals surface area contributed by atoms with Crippen LogP contribution in [-0.4, -0.2) is 48.3 Å². The molecule has 0 spiro atoms. The molecule has 1 saturated carbocycles. The minimum Gasteiger partial charge on any atom is -0.298 e. The summed E-state index contributed by atoms with van der Waals surface area (Å²) >= 11 is 1.82. The fourth-order valence-corrected chi connectivity index (χ4v) is 4.42. The maximum absolute atomic E-state index is 2.77. The Bertz CT molecular complexity index is 451. The van der Waals surface area contributed by atoms with Crippen LogP contribution < -0.4 is 0 Å². The van der Waals surface area contributed by atoms with Crippen LogP contribution in [0.1, 0.15) is 38.2 Å². The second-order valence-electron chi connectivity index (χ2n) is 7.09. The Morgan fingerprint density at radius 1 is 1.05 bits per heavy atom. The van der Waals surface area contributed by atoms with Crippen LogP contribution in [0.2, 0.25) is 0 Å². The molecule has 0 radical (unpaired) electrons. The van der Waals surface area contributed by atoms with E-state index in [-0.39, 0.29) is 0 Å². The van der Waals surface area contributed by atoms with E-state index in [4.69, 9.17) is 0 Å². The number of hydrogen-bond donors (Lipinski definition) is 0. The van der Waals surface area contributed by atoms with Gasteiger partial charge in [0.15, 0.2) is 0 Å². The zero-order valence-corrected chi connectivity index (χ0v) is 14.9. The fraction of sp³-hybridized carbons (Fsp3) is 0.684. The Hall–Kier alpha value is -0.510. The molecule has 2 aliphatic rings. The molecule has 2 fully saturated rings. The predicted octanol–water partition coefficient (Wildman–Crippen LogP) is 4.10. The first-order chi connectivity index (χ1) is 10.7. The normalized spacial score (nSPS) is 27.9. The van der Waals surface area contributed by atoms with Crippen molar-refractivity contribution in [2.24, 2.45) is 5.92 Å². The molecule has 1 heterocycles. The molecule has 0 bridgehead atoms. The molecular weight excluding hydrogens is 288 g/mol. The average Bonchev–Trinajstić information content (AvgIpc) is 2.56. The Morgan fingerprint density at radius 2 is 1.77 bits per heavy atom. The number of nitrogens with zero attached hydrogens (tertiary/aromatic N) is 2. The van der Waals surface area contributed by atoms with Crippen molar-refractivity contribution in [3.05, 3.63) is 29.8 Å². The second-order valence-corrected chi connectivity index (χ2v) is 7.97. The Labute approximate surface area is 140 Å². The molecule has 3 heteroatoms. The van der Waals surface area contributed by atoms with Gasteiger partial charge in [-0.2, -0.15) is 0 Å². The van der Waals surface area contributed by atoms with Crippen LogP contribution in [0.3, 0.4) is 0 Å². The van der Waals surface area contributed by atoms with Crippen LogP contribution >= 0.6 is 11.8 Å². The van der Waals surface area contributed by atoms with Gasteiger partial charge < -0.3 is 0 Å². The van der Waals surface area contributed by atoms with E-state index in [1.54, 1.807) is 0 Å². The average molecular weight is 319 g/mol. The predicted molar refractivity (Wildman–Crippen MR) is 96.5 cm³/mol. The monoisotopic (exact) mass is 318 g/mol. The summed E-state index contributed by atoms with van der Waals surface area (Å²) in [6, 6.07) is 9.95. The first kappa shape index (κ1) is 16.4. The first-order valence-corrected chi connectivity index (χ1v) is 10.1. The zero-order valence-electron chi connectivity index (χ0n) is 14.1. The van der Waals surface area contributed by atoms with Crippen molar-refractivity contribution in [2.75, 3.05) is 32.4 Å². The van der Waals surface area contributed by atoms with Crippen molar-refractivity contribution >= 4 is 11.8 Å². The van der Waals surface area contributed by atoms with E-state index in [0.29, 0.717) is 0 Å². The third-order valence-electron chi connectivity index (χ3n) is 5.40. The summed E-state index contributed by atoms with van der Waals surface area (Å²) in [4.78, 5) is 6.75. The first-order valence-electron chi connectivity index (χ1n) is 8.84. The Balaban J connectivity index is 1.46. The van der Waals surface area contributed by atoms with E-state index in [9.17, 15) is 0 Å². The summed E-state index contributed by atoms with van der Waals surface area (Å²) in [5, 5.41) is 0. The lowest BCUT2D eigenvalue weighted by atomic mass is 9.86. The molecule has 0 unspecified atom stereocenters. The minimum absolute atomic E-state index is 0.867. The van der Waals surface area contributed by atoms with E-state index in [1.807, 2.05) is 11.8 Å². The van der Waals surface area contributed by atoms with Gasteiger partial charge in [0.2, 0.25) is 0 Å². The quantitative estimate of drug-likeness (QED) is 0.772. The fourth-order valence-electron chi connectivity index (χ4n) is 4.01. The molecule has 122 valence electrons. The minimum atomic E-state index is 0.867. The highest BCUT2D eigenvalue weighted by molar-refractivity contribution is 7.98. The Kier molecular flexibility index (Phi) is 5.83. The molecule has 1 saturated heterocycles. The van der Waals surface area contributed by atoms with Gasteiger partial charge in [-0.15, -0.1) is 11.8 Å². The van der Waals surface area contributed by atoms with E-state index in [0.717, 1.165) is 18.5 Å². The van der Waals surface area contributed by atoms with E-state index in [2.05, 4.69) is 47.2 Å². The van der Waals surface area contributed by atoms with Gasteiger partial charge in [0.1, 0.15) is 0 Å². The standard InChI is InChI=1S/C19H30N2S/c1-16-4-3-5-18(14-16)21-12-10-20(11-13-21)15-17-6-8-19(22-2)9-7-17/h6-9,16,18H,3-5,10-15H2,1-2H3/t16-,18+/m1/s1. The topological polar surface area (TPSA) is 6.48 Å². The van der Waals surface area contributed by atoms with Gasteiger partial charge in [0.05, 0.1) is 0 Å². The number of hydrogen-bond acceptors (Lipinski definition) is 3. The van der Waals surface area contributed by atoms with Crippen LogP contribution in [0.5, 0.6) is 0 Å². The summed E-state index contributed by atoms with van der Waals surface area (Å²) < 4.78 is 0. The number of piperazine rings is 1. The molecule has 0 amide bonds. The molecular formula is C19H30N2S. The summed E-state index contributed by atoms with van der Waals surface area (Å²) in [5.41, 5.74) is 1.46. The van der Waals surface area contributed by atoms with Crippen LogP contribution in [0.4, 0.5) is 0 Å². The van der Waals surface area contributed by atoms with Gasteiger partial charge >= 0.3 is 0 Å². The third kappa shape index (κ3) is 4.27. The second kappa shape index (κ2) is 7.85. The van der Waals surface area contributed by atoms with Crippen molar-refractivity contribution in [2.45, 2.75) is 50.1 Å². The van der Waals surface area contributed by atoms with Crippen molar-refractivity contribution in [3.63, 3.8) is 0 Å². The maximum Gasteiger partial charge on any atom is 0.0234 e. The molecule has 0 aromatic heterocycles. The molecule has 2 nitrogen and oxygen atoms in total. The molecule has 3 rings (SSSR count). The van der Waals surface area contributed by atoms with Crippen molar-refractivity contribution < 1.29 is 0 Å². The van der Waals surface area contributed by atoms with Gasteiger partial charge in [0.25, 0.3) is 0 Å². The van der Waals surface area contributed by atoms with E-state index >= 15 is 0 Å². The molecule has 1 aliphatic carbocycles. The summed E-state index contributed by atoms with van der Waals surface area (Å²) in [7, 11) is 0. The summed E-state index contributed by atoms with van der Waals surface area (Å²) in [6.45, 7) is 8.54. The third-order valence-corrected chi connectivity index (χ3v) is 6.14. The smallest absolute Gasteiger partial charge is 0.0234 e. The van der Waals surface area contributed by atoms with Gasteiger partial charge in [-0.1, -0.05) is 31.9 Å². The number of benzene rings is 1. The van der Waals surface area contributed by atoms with Gasteiger partial charge in [0, 0.05) is 43.7 Å². The SMILES string of the molecule is CSc1ccc(CN2CCN([C@H]3CCC[C@@H](C)C3)CC2)cc1. The molecule has 1 aliphatic heterocycles. The summed E-state index contributed by atoms with van der Waals surface area (Å²) in [6.07, 6.45) is 7.88. The molecule has 1 aromatic rings. The highest BCUT2D eigenvalue weighted by Gasteiger charge is 2.27. The van der Waals surface area contributed by atoms with Crippen LogP contribution in [0.25, 0.3) is 0 Å². The molecule has 1 aromatic carbocycles. The van der Waals surface area contributed by atoms with Gasteiger partial charge in [-0.3, -0.25) is 9.80 Å². The highest BCUT2D eigenvalue weighted by Crippen LogP contribution is 2.28. The molecule has 2 atom stereocenters. The van der Waals surface area contributed by atoms with E-state index in [1.165, 1.54) is 62.3 Å². The molecule has 22 heavy (non-hydrogen) atoms. The number of rotatable bonds is 4. The summed E-state index contributed by atoms with van der Waals surface area (Å²) in [5.74, 6) is 0.937. The van der Waals surface area contributed by atoms with Crippen LogP contribution in [0.15, 0.2) is 29.2 Å². The van der Waals surface area contributed by atoms with Crippen LogP contribution in [-0.2, 0) is 6.54 Å². The number of thioether (sulfide) groups is 1. The Morgan fingerprint density at radius 3 is 2.41 bits per heavy atom. The lowest BCUT2D eigenvalue weighted by Gasteiger charge is -2.42. The van der Waals surface area contributed by atoms with Crippen molar-refractivity contribution in [1.29, 1.82) is 0 Å². The highest BCUT2D eigenvalue weighted by atomic mass is 32.2.